The molecule has 0 aliphatic heterocycles. The van der Waals surface area contributed by atoms with E-state index in [2.05, 4.69) is 54.3 Å². The van der Waals surface area contributed by atoms with Crippen LogP contribution in [0.15, 0.2) is 66.7 Å². The molecular formula is C24H26N2O. The van der Waals surface area contributed by atoms with Gasteiger partial charge in [0.2, 0.25) is 5.91 Å². The molecule has 3 aromatic rings. The molecule has 1 saturated carbocycles. The van der Waals surface area contributed by atoms with E-state index in [9.17, 15) is 4.79 Å². The van der Waals surface area contributed by atoms with Crippen molar-refractivity contribution in [3.8, 4) is 0 Å². The fraction of sp³-hybridized carbons (Fsp3) is 0.292. The second-order valence-electron chi connectivity index (χ2n) is 7.51. The summed E-state index contributed by atoms with van der Waals surface area (Å²) in [6.45, 7) is 2.15. The summed E-state index contributed by atoms with van der Waals surface area (Å²) >= 11 is 0. The van der Waals surface area contributed by atoms with Gasteiger partial charge in [-0.15, -0.1) is 0 Å². The standard InChI is InChI=1S/C24H26N2O/c1-17(20-11-10-18-6-2-3-8-21(18)16-20)26(22-13-14-22)24(27)15-12-19-7-4-5-9-23(19)25/h2-11,16-17,22H,12-15,25H2,1H3. The van der Waals surface area contributed by atoms with Crippen molar-refractivity contribution < 1.29 is 4.79 Å². The predicted molar refractivity (Wildman–Crippen MR) is 111 cm³/mol. The zero-order valence-corrected chi connectivity index (χ0v) is 15.8. The van der Waals surface area contributed by atoms with Crippen molar-refractivity contribution in [2.75, 3.05) is 5.73 Å². The van der Waals surface area contributed by atoms with Crippen LogP contribution >= 0.6 is 0 Å². The Balaban J connectivity index is 1.52. The van der Waals surface area contributed by atoms with Gasteiger partial charge in [-0.1, -0.05) is 54.6 Å². The van der Waals surface area contributed by atoms with Gasteiger partial charge in [-0.3, -0.25) is 4.79 Å². The third-order valence-electron chi connectivity index (χ3n) is 5.56. The van der Waals surface area contributed by atoms with Crippen LogP contribution < -0.4 is 5.73 Å². The van der Waals surface area contributed by atoms with Crippen molar-refractivity contribution in [3.63, 3.8) is 0 Å². The summed E-state index contributed by atoms with van der Waals surface area (Å²) in [5.74, 6) is 0.224. The Labute approximate surface area is 160 Å². The number of anilines is 1. The average Bonchev–Trinajstić information content (AvgIpc) is 3.52. The first-order chi connectivity index (χ1) is 13.1. The number of carbonyl (C=O) groups excluding carboxylic acids is 1. The quantitative estimate of drug-likeness (QED) is 0.623. The fourth-order valence-electron chi connectivity index (χ4n) is 3.85. The summed E-state index contributed by atoms with van der Waals surface area (Å²) in [6, 6.07) is 23.2. The number of aryl methyl sites for hydroxylation is 1. The number of nitrogens with zero attached hydrogens (tertiary/aromatic N) is 1. The molecule has 0 bridgehead atoms. The molecule has 1 amide bonds. The second kappa shape index (κ2) is 7.43. The van der Waals surface area contributed by atoms with E-state index in [1.807, 2.05) is 24.3 Å². The molecule has 27 heavy (non-hydrogen) atoms. The van der Waals surface area contributed by atoms with Crippen molar-refractivity contribution in [2.24, 2.45) is 0 Å². The molecule has 0 radical (unpaired) electrons. The molecule has 1 atom stereocenters. The number of hydrogen-bond donors (Lipinski definition) is 1. The molecule has 4 rings (SSSR count). The van der Waals surface area contributed by atoms with Gasteiger partial charge in [-0.25, -0.2) is 0 Å². The van der Waals surface area contributed by atoms with E-state index in [0.717, 1.165) is 24.1 Å². The van der Waals surface area contributed by atoms with Gasteiger partial charge < -0.3 is 10.6 Å². The molecule has 3 nitrogen and oxygen atoms in total. The molecular weight excluding hydrogens is 332 g/mol. The van der Waals surface area contributed by atoms with Crippen LogP contribution in [0.2, 0.25) is 0 Å². The SMILES string of the molecule is CC(c1ccc2ccccc2c1)N(C(=O)CCc1ccccc1N)C1CC1. The lowest BCUT2D eigenvalue weighted by Crippen LogP contribution is -2.35. The Morgan fingerprint density at radius 3 is 2.48 bits per heavy atom. The van der Waals surface area contributed by atoms with Gasteiger partial charge in [-0.05, 0) is 60.2 Å². The molecule has 3 heteroatoms. The van der Waals surface area contributed by atoms with Gasteiger partial charge in [-0.2, -0.15) is 0 Å². The van der Waals surface area contributed by atoms with Gasteiger partial charge >= 0.3 is 0 Å². The van der Waals surface area contributed by atoms with Gasteiger partial charge in [0.05, 0.1) is 6.04 Å². The van der Waals surface area contributed by atoms with Crippen LogP contribution in [0.25, 0.3) is 10.8 Å². The maximum absolute atomic E-state index is 13.1. The van der Waals surface area contributed by atoms with Crippen LogP contribution in [0, 0.1) is 0 Å². The van der Waals surface area contributed by atoms with Crippen LogP contribution in [0.3, 0.4) is 0 Å². The number of nitrogen functional groups attached to an aromatic ring is 1. The number of rotatable bonds is 6. The Hall–Kier alpha value is -2.81. The number of para-hydroxylation sites is 1. The third kappa shape index (κ3) is 3.82. The van der Waals surface area contributed by atoms with Crippen LogP contribution in [0.4, 0.5) is 5.69 Å². The first kappa shape index (κ1) is 17.6. The summed E-state index contributed by atoms with van der Waals surface area (Å²) in [4.78, 5) is 15.2. The van der Waals surface area contributed by atoms with E-state index in [-0.39, 0.29) is 11.9 Å². The summed E-state index contributed by atoms with van der Waals surface area (Å²) in [5, 5.41) is 2.46. The summed E-state index contributed by atoms with van der Waals surface area (Å²) < 4.78 is 0. The first-order valence-electron chi connectivity index (χ1n) is 9.77. The Bertz CT molecular complexity index is 961. The topological polar surface area (TPSA) is 46.3 Å². The second-order valence-corrected chi connectivity index (χ2v) is 7.51. The molecule has 0 saturated heterocycles. The van der Waals surface area contributed by atoms with Crippen molar-refractivity contribution in [1.82, 2.24) is 4.90 Å². The van der Waals surface area contributed by atoms with Crippen molar-refractivity contribution in [3.05, 3.63) is 77.9 Å². The lowest BCUT2D eigenvalue weighted by atomic mass is 10.0. The molecule has 138 valence electrons. The van der Waals surface area contributed by atoms with Gasteiger partial charge in [0.1, 0.15) is 0 Å². The van der Waals surface area contributed by atoms with Gasteiger partial charge in [0.25, 0.3) is 0 Å². The lowest BCUT2D eigenvalue weighted by Gasteiger charge is -2.30. The highest BCUT2D eigenvalue weighted by Crippen LogP contribution is 2.36. The fourth-order valence-corrected chi connectivity index (χ4v) is 3.85. The van der Waals surface area contributed by atoms with E-state index >= 15 is 0 Å². The Morgan fingerprint density at radius 2 is 1.74 bits per heavy atom. The van der Waals surface area contributed by atoms with Crippen LogP contribution in [0.1, 0.15) is 43.4 Å². The maximum Gasteiger partial charge on any atom is 0.223 e. The summed E-state index contributed by atoms with van der Waals surface area (Å²) in [5.41, 5.74) is 9.06. The molecule has 1 aliphatic rings. The number of fused-ring (bicyclic) bond motifs is 1. The monoisotopic (exact) mass is 358 g/mol. The van der Waals surface area contributed by atoms with Gasteiger partial charge in [0, 0.05) is 18.2 Å². The van der Waals surface area contributed by atoms with E-state index in [0.29, 0.717) is 18.9 Å². The van der Waals surface area contributed by atoms with E-state index in [1.165, 1.54) is 16.3 Å². The summed E-state index contributed by atoms with van der Waals surface area (Å²) in [6.07, 6.45) is 3.41. The van der Waals surface area contributed by atoms with E-state index in [4.69, 9.17) is 5.73 Å². The minimum Gasteiger partial charge on any atom is -0.399 e. The van der Waals surface area contributed by atoms with Crippen LogP contribution in [0.5, 0.6) is 0 Å². The van der Waals surface area contributed by atoms with E-state index in [1.54, 1.807) is 0 Å². The Kier molecular flexibility index (Phi) is 4.85. The number of nitrogens with two attached hydrogens (primary N) is 1. The van der Waals surface area contributed by atoms with E-state index < -0.39 is 0 Å². The highest BCUT2D eigenvalue weighted by atomic mass is 16.2. The zero-order chi connectivity index (χ0) is 18.8. The molecule has 3 aromatic carbocycles. The number of carbonyl (C=O) groups is 1. The van der Waals surface area contributed by atoms with Crippen molar-refractivity contribution in [1.29, 1.82) is 0 Å². The number of benzene rings is 3. The third-order valence-corrected chi connectivity index (χ3v) is 5.56. The molecule has 1 aliphatic carbocycles. The highest BCUT2D eigenvalue weighted by Gasteiger charge is 2.35. The Morgan fingerprint density at radius 1 is 1.04 bits per heavy atom. The molecule has 0 aromatic heterocycles. The summed E-state index contributed by atoms with van der Waals surface area (Å²) in [7, 11) is 0. The minimum atomic E-state index is 0.0859. The minimum absolute atomic E-state index is 0.0859. The highest BCUT2D eigenvalue weighted by molar-refractivity contribution is 5.83. The van der Waals surface area contributed by atoms with Crippen molar-refractivity contribution in [2.45, 2.75) is 44.7 Å². The normalized spacial score (nSPS) is 14.9. The predicted octanol–water partition coefficient (Wildman–Crippen LogP) is 5.11. The zero-order valence-electron chi connectivity index (χ0n) is 15.8. The lowest BCUT2D eigenvalue weighted by molar-refractivity contribution is -0.134. The molecule has 0 spiro atoms. The smallest absolute Gasteiger partial charge is 0.223 e. The maximum atomic E-state index is 13.1. The van der Waals surface area contributed by atoms with Crippen molar-refractivity contribution >= 4 is 22.4 Å². The molecule has 1 fully saturated rings. The molecule has 0 heterocycles. The largest absolute Gasteiger partial charge is 0.399 e. The molecule has 2 N–H and O–H groups in total. The first-order valence-corrected chi connectivity index (χ1v) is 9.77. The average molecular weight is 358 g/mol. The number of hydrogen-bond acceptors (Lipinski definition) is 2. The number of amides is 1. The molecule has 1 unspecified atom stereocenters. The van der Waals surface area contributed by atoms with Crippen LogP contribution in [-0.4, -0.2) is 16.8 Å². The van der Waals surface area contributed by atoms with Gasteiger partial charge in [0.15, 0.2) is 0 Å². The van der Waals surface area contributed by atoms with Crippen LogP contribution in [-0.2, 0) is 11.2 Å².